The third-order valence-corrected chi connectivity index (χ3v) is 8.20. The molecule has 0 amide bonds. The zero-order valence-electron chi connectivity index (χ0n) is 19.6. The van der Waals surface area contributed by atoms with Crippen LogP contribution < -0.4 is 9.75 Å². The summed E-state index contributed by atoms with van der Waals surface area (Å²) in [5.41, 5.74) is 4.31. The van der Waals surface area contributed by atoms with Gasteiger partial charge in [0.1, 0.15) is 5.75 Å². The van der Waals surface area contributed by atoms with Crippen LogP contribution in [0.3, 0.4) is 0 Å². The highest BCUT2D eigenvalue weighted by molar-refractivity contribution is 9.10. The van der Waals surface area contributed by atoms with Crippen molar-refractivity contribution in [3.63, 3.8) is 0 Å². The number of hydrogen-bond acceptors (Lipinski definition) is 5. The quantitative estimate of drug-likeness (QED) is 0.177. The molecule has 0 saturated carbocycles. The molecule has 1 aliphatic rings. The molecule has 3 aromatic carbocycles. The Morgan fingerprint density at radius 2 is 1.77 bits per heavy atom. The molecule has 180 valence electrons. The highest BCUT2D eigenvalue weighted by atomic mass is 79.9. The molecule has 0 fully saturated rings. The van der Waals surface area contributed by atoms with Crippen LogP contribution in [0.2, 0.25) is 0 Å². The minimum atomic E-state index is -0.00245. The van der Waals surface area contributed by atoms with Crippen LogP contribution in [-0.4, -0.2) is 17.3 Å². The summed E-state index contributed by atoms with van der Waals surface area (Å²) in [7, 11) is 0. The maximum absolute atomic E-state index is 6.33. The van der Waals surface area contributed by atoms with Crippen molar-refractivity contribution in [2.24, 2.45) is 5.10 Å². The van der Waals surface area contributed by atoms with Crippen LogP contribution in [0.5, 0.6) is 5.75 Å². The van der Waals surface area contributed by atoms with Crippen molar-refractivity contribution in [1.29, 1.82) is 0 Å². The molecule has 0 spiro atoms. The van der Waals surface area contributed by atoms with Crippen LogP contribution in [0.15, 0.2) is 80.8 Å². The van der Waals surface area contributed by atoms with Crippen LogP contribution in [0.25, 0.3) is 10.2 Å². The smallest absolute Gasteiger partial charge is 0.207 e. The molecule has 5 rings (SSSR count). The number of hydrogen-bond donors (Lipinski definition) is 0. The summed E-state index contributed by atoms with van der Waals surface area (Å²) < 4.78 is 9.59. The van der Waals surface area contributed by atoms with E-state index in [1.807, 2.05) is 6.07 Å². The van der Waals surface area contributed by atoms with Gasteiger partial charge in [0.05, 0.1) is 28.6 Å². The maximum Gasteiger partial charge on any atom is 0.207 e. The molecule has 1 aromatic heterocycles. The van der Waals surface area contributed by atoms with Gasteiger partial charge in [-0.15, -0.1) is 0 Å². The average Bonchev–Trinajstić information content (AvgIpc) is 3.50. The van der Waals surface area contributed by atoms with Gasteiger partial charge in [0.25, 0.3) is 0 Å². The van der Waals surface area contributed by atoms with Crippen LogP contribution in [0.4, 0.5) is 5.13 Å². The van der Waals surface area contributed by atoms with E-state index >= 15 is 0 Å². The van der Waals surface area contributed by atoms with Crippen molar-refractivity contribution in [1.82, 2.24) is 4.98 Å². The Bertz CT molecular complexity index is 1300. The number of para-hydroxylation sites is 1. The largest absolute Gasteiger partial charge is 0.493 e. The number of anilines is 1. The maximum atomic E-state index is 6.33. The molecule has 0 radical (unpaired) electrons. The fraction of sp³-hybridized carbons (Fsp3) is 0.286. The third kappa shape index (κ3) is 5.63. The first-order valence-corrected chi connectivity index (χ1v) is 14.4. The molecule has 0 bridgehead atoms. The topological polar surface area (TPSA) is 37.7 Å². The summed E-state index contributed by atoms with van der Waals surface area (Å²) in [6, 6.07) is 22.9. The van der Waals surface area contributed by atoms with E-state index in [-0.39, 0.29) is 6.04 Å². The lowest BCUT2D eigenvalue weighted by Gasteiger charge is -2.24. The third-order valence-electron chi connectivity index (χ3n) is 6.15. The van der Waals surface area contributed by atoms with E-state index in [9.17, 15) is 0 Å². The van der Waals surface area contributed by atoms with Gasteiger partial charge in [-0.25, -0.2) is 9.99 Å². The molecular weight excluding hydrogens is 586 g/mol. The molecular formula is C28H27Br2N3OS. The van der Waals surface area contributed by atoms with E-state index in [1.54, 1.807) is 11.3 Å². The van der Waals surface area contributed by atoms with Gasteiger partial charge in [-0.2, -0.15) is 5.10 Å². The fourth-order valence-electron chi connectivity index (χ4n) is 4.33. The predicted molar refractivity (Wildman–Crippen MR) is 154 cm³/mol. The summed E-state index contributed by atoms with van der Waals surface area (Å²) in [5.74, 6) is 0.924. The van der Waals surface area contributed by atoms with Crippen molar-refractivity contribution in [2.75, 3.05) is 11.6 Å². The Morgan fingerprint density at radius 3 is 2.57 bits per heavy atom. The minimum Gasteiger partial charge on any atom is -0.493 e. The normalized spacial score (nSPS) is 15.6. The molecule has 1 atom stereocenters. The molecule has 4 nitrogen and oxygen atoms in total. The Hall–Kier alpha value is -2.22. The monoisotopic (exact) mass is 611 g/mol. The first-order valence-electron chi connectivity index (χ1n) is 12.0. The average molecular weight is 613 g/mol. The standard InChI is InChI=1S/C28H27Br2N3OS/c1-2-3-4-7-16-34-26-15-14-21(30)17-22(26)25-18-24(19-10-12-20(29)13-11-19)32-33(25)28-31-23-8-5-6-9-27(23)35-28/h5-6,8-15,17,25H,2-4,7,16,18H2,1H3. The predicted octanol–water partition coefficient (Wildman–Crippen LogP) is 9.14. The van der Waals surface area contributed by atoms with Crippen LogP contribution in [-0.2, 0) is 0 Å². The van der Waals surface area contributed by atoms with Gasteiger partial charge in [-0.3, -0.25) is 0 Å². The van der Waals surface area contributed by atoms with Crippen LogP contribution in [0.1, 0.15) is 56.2 Å². The number of thiazole rings is 1. The van der Waals surface area contributed by atoms with Crippen molar-refractivity contribution in [3.8, 4) is 5.75 Å². The number of rotatable bonds is 9. The Morgan fingerprint density at radius 1 is 0.971 bits per heavy atom. The lowest BCUT2D eigenvalue weighted by Crippen LogP contribution is -2.19. The Balaban J connectivity index is 1.51. The van der Waals surface area contributed by atoms with Gasteiger partial charge in [0.15, 0.2) is 0 Å². The van der Waals surface area contributed by atoms with Crippen molar-refractivity contribution in [3.05, 3.63) is 86.8 Å². The molecule has 35 heavy (non-hydrogen) atoms. The molecule has 1 aliphatic heterocycles. The molecule has 0 saturated heterocycles. The van der Waals surface area contributed by atoms with E-state index < -0.39 is 0 Å². The number of fused-ring (bicyclic) bond motifs is 1. The zero-order valence-corrected chi connectivity index (χ0v) is 23.6. The first kappa shape index (κ1) is 24.5. The second-order valence-electron chi connectivity index (χ2n) is 8.67. The molecule has 0 aliphatic carbocycles. The van der Waals surface area contributed by atoms with Crippen molar-refractivity contribution in [2.45, 2.75) is 45.1 Å². The number of aromatic nitrogens is 1. The zero-order chi connectivity index (χ0) is 24.2. The second-order valence-corrected chi connectivity index (χ2v) is 11.5. The van der Waals surface area contributed by atoms with Gasteiger partial charge >= 0.3 is 0 Å². The number of unbranched alkanes of at least 4 members (excludes halogenated alkanes) is 3. The SMILES string of the molecule is CCCCCCOc1ccc(Br)cc1C1CC(c2ccc(Br)cc2)=NN1c1nc2ccccc2s1. The van der Waals surface area contributed by atoms with Crippen molar-refractivity contribution >= 4 is 64.3 Å². The number of ether oxygens (including phenoxy) is 1. The number of halogens is 2. The van der Waals surface area contributed by atoms with E-state index in [0.29, 0.717) is 0 Å². The summed E-state index contributed by atoms with van der Waals surface area (Å²) in [4.78, 5) is 4.94. The highest BCUT2D eigenvalue weighted by Crippen LogP contribution is 2.43. The minimum absolute atomic E-state index is 0.00245. The van der Waals surface area contributed by atoms with Crippen molar-refractivity contribution < 1.29 is 4.74 Å². The molecule has 1 unspecified atom stereocenters. The van der Waals surface area contributed by atoms with Gasteiger partial charge in [0, 0.05) is 20.9 Å². The highest BCUT2D eigenvalue weighted by Gasteiger charge is 2.34. The second kappa shape index (κ2) is 11.2. The Kier molecular flexibility index (Phi) is 7.85. The lowest BCUT2D eigenvalue weighted by molar-refractivity contribution is 0.300. The number of nitrogens with zero attached hydrogens (tertiary/aromatic N) is 3. The van der Waals surface area contributed by atoms with E-state index in [0.717, 1.165) is 66.3 Å². The van der Waals surface area contributed by atoms with E-state index in [2.05, 4.69) is 104 Å². The molecule has 2 heterocycles. The molecule has 7 heteroatoms. The lowest BCUT2D eigenvalue weighted by atomic mass is 9.98. The van der Waals surface area contributed by atoms with Gasteiger partial charge in [-0.05, 0) is 54.4 Å². The van der Waals surface area contributed by atoms with Crippen LogP contribution in [0, 0.1) is 0 Å². The molecule has 0 N–H and O–H groups in total. The molecule has 4 aromatic rings. The van der Waals surface area contributed by atoms with Gasteiger partial charge in [-0.1, -0.05) is 93.6 Å². The van der Waals surface area contributed by atoms with Gasteiger partial charge < -0.3 is 4.74 Å². The number of hydrazone groups is 1. The summed E-state index contributed by atoms with van der Waals surface area (Å²) in [6.45, 7) is 2.95. The summed E-state index contributed by atoms with van der Waals surface area (Å²) in [6.07, 6.45) is 5.50. The summed E-state index contributed by atoms with van der Waals surface area (Å²) in [5, 5.41) is 8.11. The summed E-state index contributed by atoms with van der Waals surface area (Å²) >= 11 is 8.91. The fourth-order valence-corrected chi connectivity index (χ4v) is 5.94. The number of benzene rings is 3. The van der Waals surface area contributed by atoms with E-state index in [1.165, 1.54) is 19.3 Å². The van der Waals surface area contributed by atoms with E-state index in [4.69, 9.17) is 14.8 Å². The first-order chi connectivity index (χ1) is 17.1. The Labute approximate surface area is 227 Å². The van der Waals surface area contributed by atoms with Gasteiger partial charge in [0.2, 0.25) is 5.13 Å². The van der Waals surface area contributed by atoms with Crippen LogP contribution >= 0.6 is 43.2 Å².